The lowest BCUT2D eigenvalue weighted by Gasteiger charge is -2.30. The van der Waals surface area contributed by atoms with Crippen LogP contribution in [0.15, 0.2) is 71.1 Å². The number of ether oxygens (including phenoxy) is 3. The molecule has 1 heterocycles. The lowest BCUT2D eigenvalue weighted by molar-refractivity contribution is -0.140. The number of carbonyl (C=O) groups excluding carboxylic acids is 2. The van der Waals surface area contributed by atoms with Crippen molar-refractivity contribution < 1.29 is 23.8 Å². The van der Waals surface area contributed by atoms with Crippen LogP contribution >= 0.6 is 11.6 Å². The number of halogens is 1. The maximum absolute atomic E-state index is 13.3. The normalized spacial score (nSPS) is 15.1. The lowest BCUT2D eigenvalue weighted by atomic mass is 9.80. The predicted octanol–water partition coefficient (Wildman–Crippen LogP) is 5.22. The summed E-state index contributed by atoms with van der Waals surface area (Å²) in [5.74, 6) is -1.06. The van der Waals surface area contributed by atoms with Crippen LogP contribution in [0.3, 0.4) is 0 Å². The number of esters is 2. The molecule has 1 aliphatic rings. The highest BCUT2D eigenvalue weighted by Crippen LogP contribution is 2.40. The van der Waals surface area contributed by atoms with Crippen molar-refractivity contribution >= 4 is 23.5 Å². The quantitative estimate of drug-likeness (QED) is 0.347. The third-order valence-corrected chi connectivity index (χ3v) is 6.07. The molecule has 36 heavy (non-hydrogen) atoms. The topological polar surface area (TPSA) is 97.7 Å². The maximum atomic E-state index is 13.3. The van der Waals surface area contributed by atoms with Crippen LogP contribution in [0.1, 0.15) is 43.7 Å². The summed E-state index contributed by atoms with van der Waals surface area (Å²) < 4.78 is 16.2. The van der Waals surface area contributed by atoms with Crippen LogP contribution in [0.2, 0.25) is 5.02 Å². The van der Waals surface area contributed by atoms with E-state index in [0.29, 0.717) is 34.0 Å². The standard InChI is InChI=1S/C28H29ClN2O5/c1-18-24(27(32)35-15-5-7-20-10-12-23(34-3)13-11-20)26(21-8-4-9-22(29)17-21)25(19(2)31-18)28(33)36-16-6-14-30/h4,8-13,17,26,31H,5-7,15-16H2,1-3H3. The van der Waals surface area contributed by atoms with E-state index in [1.165, 1.54) is 0 Å². The molecule has 0 saturated heterocycles. The Bertz CT molecular complexity index is 1210. The second kappa shape index (κ2) is 12.8. The Hall–Kier alpha value is -3.76. The number of benzene rings is 2. The average Bonchev–Trinajstić information content (AvgIpc) is 2.86. The highest BCUT2D eigenvalue weighted by atomic mass is 35.5. The number of nitrogens with zero attached hydrogens (tertiary/aromatic N) is 1. The van der Waals surface area contributed by atoms with Crippen LogP contribution < -0.4 is 10.1 Å². The van der Waals surface area contributed by atoms with Gasteiger partial charge in [-0.05, 0) is 62.1 Å². The summed E-state index contributed by atoms with van der Waals surface area (Å²) in [7, 11) is 1.62. The number of nitrogens with one attached hydrogen (secondary N) is 1. The van der Waals surface area contributed by atoms with E-state index >= 15 is 0 Å². The minimum Gasteiger partial charge on any atom is -0.497 e. The lowest BCUT2D eigenvalue weighted by Crippen LogP contribution is -2.32. The van der Waals surface area contributed by atoms with E-state index < -0.39 is 17.9 Å². The number of hydrogen-bond acceptors (Lipinski definition) is 7. The molecular formula is C28H29ClN2O5. The number of allylic oxidation sites excluding steroid dienone is 2. The first-order valence-electron chi connectivity index (χ1n) is 11.6. The van der Waals surface area contributed by atoms with E-state index in [0.717, 1.165) is 17.7 Å². The Labute approximate surface area is 216 Å². The summed E-state index contributed by atoms with van der Waals surface area (Å²) in [4.78, 5) is 26.4. The van der Waals surface area contributed by atoms with E-state index in [1.54, 1.807) is 39.2 Å². The molecule has 188 valence electrons. The van der Waals surface area contributed by atoms with Gasteiger partial charge in [0.05, 0.1) is 43.3 Å². The minimum absolute atomic E-state index is 0.0395. The summed E-state index contributed by atoms with van der Waals surface area (Å²) in [6.07, 6.45) is 1.45. The van der Waals surface area contributed by atoms with Crippen molar-refractivity contribution in [3.63, 3.8) is 0 Å². The second-order valence-corrected chi connectivity index (χ2v) is 8.76. The molecule has 7 nitrogen and oxygen atoms in total. The molecule has 1 N–H and O–H groups in total. The van der Waals surface area contributed by atoms with Crippen LogP contribution in [0.25, 0.3) is 0 Å². The molecule has 0 saturated carbocycles. The Morgan fingerprint density at radius 2 is 1.64 bits per heavy atom. The molecular weight excluding hydrogens is 480 g/mol. The van der Waals surface area contributed by atoms with Crippen molar-refractivity contribution in [3.8, 4) is 11.8 Å². The molecule has 3 rings (SSSR count). The SMILES string of the molecule is COc1ccc(CCCOC(=O)C2=C(C)NC(C)=C(C(=O)OCCC#N)C2c2cccc(Cl)c2)cc1. The monoisotopic (exact) mass is 508 g/mol. The molecule has 0 aromatic heterocycles. The largest absolute Gasteiger partial charge is 0.497 e. The van der Waals surface area contributed by atoms with E-state index in [2.05, 4.69) is 5.32 Å². The molecule has 0 amide bonds. The summed E-state index contributed by atoms with van der Waals surface area (Å²) in [5.41, 5.74) is 3.53. The zero-order valence-corrected chi connectivity index (χ0v) is 21.4. The van der Waals surface area contributed by atoms with Gasteiger partial charge in [0.15, 0.2) is 0 Å². The molecule has 1 unspecified atom stereocenters. The van der Waals surface area contributed by atoms with Crippen molar-refractivity contribution in [2.45, 2.75) is 39.0 Å². The van der Waals surface area contributed by atoms with Crippen LogP contribution in [-0.2, 0) is 25.5 Å². The first-order valence-corrected chi connectivity index (χ1v) is 12.0. The van der Waals surface area contributed by atoms with Gasteiger partial charge in [0.25, 0.3) is 0 Å². The molecule has 2 aromatic carbocycles. The van der Waals surface area contributed by atoms with Gasteiger partial charge in [0.1, 0.15) is 12.4 Å². The highest BCUT2D eigenvalue weighted by molar-refractivity contribution is 6.30. The van der Waals surface area contributed by atoms with Crippen molar-refractivity contribution in [2.24, 2.45) is 0 Å². The smallest absolute Gasteiger partial charge is 0.336 e. The van der Waals surface area contributed by atoms with Gasteiger partial charge in [0, 0.05) is 16.4 Å². The van der Waals surface area contributed by atoms with Gasteiger partial charge in [-0.25, -0.2) is 9.59 Å². The molecule has 0 bridgehead atoms. The zero-order valence-electron chi connectivity index (χ0n) is 20.6. The van der Waals surface area contributed by atoms with Gasteiger partial charge >= 0.3 is 11.9 Å². The van der Waals surface area contributed by atoms with Crippen molar-refractivity contribution in [2.75, 3.05) is 20.3 Å². The Kier molecular flexibility index (Phi) is 9.54. The van der Waals surface area contributed by atoms with Crippen molar-refractivity contribution in [3.05, 3.63) is 87.2 Å². The third kappa shape index (κ3) is 6.67. The number of rotatable bonds is 10. The molecule has 8 heteroatoms. The predicted molar refractivity (Wildman–Crippen MR) is 136 cm³/mol. The third-order valence-electron chi connectivity index (χ3n) is 5.83. The Balaban J connectivity index is 1.79. The summed E-state index contributed by atoms with van der Waals surface area (Å²) in [5, 5.41) is 12.4. The fourth-order valence-corrected chi connectivity index (χ4v) is 4.33. The van der Waals surface area contributed by atoms with Gasteiger partial charge in [-0.2, -0.15) is 5.26 Å². The molecule has 2 aromatic rings. The van der Waals surface area contributed by atoms with E-state index in [9.17, 15) is 9.59 Å². The summed E-state index contributed by atoms with van der Waals surface area (Å²) >= 11 is 6.25. The summed E-state index contributed by atoms with van der Waals surface area (Å²) in [6, 6.07) is 16.7. The number of dihydropyridines is 1. The second-order valence-electron chi connectivity index (χ2n) is 8.32. The maximum Gasteiger partial charge on any atom is 0.336 e. The zero-order chi connectivity index (χ0) is 26.1. The molecule has 0 aliphatic carbocycles. The van der Waals surface area contributed by atoms with Gasteiger partial charge in [0.2, 0.25) is 0 Å². The fourth-order valence-electron chi connectivity index (χ4n) is 4.13. The molecule has 0 spiro atoms. The Morgan fingerprint density at radius 1 is 1.00 bits per heavy atom. The number of hydrogen-bond donors (Lipinski definition) is 1. The number of carbonyl (C=O) groups is 2. The molecule has 1 atom stereocenters. The van der Waals surface area contributed by atoms with Crippen LogP contribution in [0.5, 0.6) is 5.75 Å². The van der Waals surface area contributed by atoms with Crippen LogP contribution in [-0.4, -0.2) is 32.3 Å². The highest BCUT2D eigenvalue weighted by Gasteiger charge is 2.38. The van der Waals surface area contributed by atoms with Gasteiger partial charge in [-0.3, -0.25) is 0 Å². The van der Waals surface area contributed by atoms with Gasteiger partial charge in [-0.15, -0.1) is 0 Å². The van der Waals surface area contributed by atoms with Crippen molar-refractivity contribution in [1.29, 1.82) is 5.26 Å². The van der Waals surface area contributed by atoms with E-state index in [1.807, 2.05) is 36.4 Å². The molecule has 0 radical (unpaired) electrons. The van der Waals surface area contributed by atoms with E-state index in [-0.39, 0.29) is 25.2 Å². The van der Waals surface area contributed by atoms with Crippen molar-refractivity contribution in [1.82, 2.24) is 5.32 Å². The van der Waals surface area contributed by atoms with Crippen LogP contribution in [0, 0.1) is 11.3 Å². The number of nitriles is 1. The number of methoxy groups -OCH3 is 1. The molecule has 0 fully saturated rings. The first-order chi connectivity index (χ1) is 17.3. The van der Waals surface area contributed by atoms with Gasteiger partial charge in [-0.1, -0.05) is 35.9 Å². The van der Waals surface area contributed by atoms with Gasteiger partial charge < -0.3 is 19.5 Å². The van der Waals surface area contributed by atoms with Crippen LogP contribution in [0.4, 0.5) is 0 Å². The average molecular weight is 509 g/mol. The number of aryl methyl sites for hydroxylation is 1. The minimum atomic E-state index is -0.728. The van der Waals surface area contributed by atoms with E-state index in [4.69, 9.17) is 31.1 Å². The summed E-state index contributed by atoms with van der Waals surface area (Å²) in [6.45, 7) is 3.70. The Morgan fingerprint density at radius 3 is 2.22 bits per heavy atom. The first kappa shape index (κ1) is 26.8. The fraction of sp³-hybridized carbons (Fsp3) is 0.321. The molecule has 1 aliphatic heterocycles.